The van der Waals surface area contributed by atoms with E-state index in [1.807, 2.05) is 0 Å². The highest BCUT2D eigenvalue weighted by atomic mass is 15.0. The van der Waals surface area contributed by atoms with E-state index in [9.17, 15) is 0 Å². The van der Waals surface area contributed by atoms with Gasteiger partial charge in [0, 0.05) is 24.5 Å². The van der Waals surface area contributed by atoms with E-state index < -0.39 is 0 Å². The van der Waals surface area contributed by atoms with Crippen LogP contribution < -0.4 is 5.73 Å². The second-order valence-corrected chi connectivity index (χ2v) is 5.92. The average molecular weight is 220 g/mol. The van der Waals surface area contributed by atoms with Crippen LogP contribution in [0.1, 0.15) is 57.3 Å². The molecule has 2 nitrogen and oxygen atoms in total. The standard InChI is InChI=1S/C14H24N2/c1-4-5-7-16-8-6-11-12(15)9-14(2,3)10-13(11)16/h6,8,12H,4-5,7,9-10,15H2,1-3H3. The molecule has 0 saturated carbocycles. The minimum absolute atomic E-state index is 0.238. The maximum absolute atomic E-state index is 6.25. The molecule has 0 fully saturated rings. The van der Waals surface area contributed by atoms with Gasteiger partial charge >= 0.3 is 0 Å². The molecule has 90 valence electrons. The van der Waals surface area contributed by atoms with Crippen molar-refractivity contribution >= 4 is 0 Å². The summed E-state index contributed by atoms with van der Waals surface area (Å²) < 4.78 is 2.42. The fraction of sp³-hybridized carbons (Fsp3) is 0.714. The van der Waals surface area contributed by atoms with Crippen molar-refractivity contribution < 1.29 is 0 Å². The Bertz CT molecular complexity index is 363. The molecule has 2 heteroatoms. The van der Waals surface area contributed by atoms with E-state index >= 15 is 0 Å². The summed E-state index contributed by atoms with van der Waals surface area (Å²) >= 11 is 0. The quantitative estimate of drug-likeness (QED) is 0.833. The van der Waals surface area contributed by atoms with E-state index in [0.717, 1.165) is 13.0 Å². The lowest BCUT2D eigenvalue weighted by molar-refractivity contribution is 0.275. The highest BCUT2D eigenvalue weighted by Gasteiger charge is 2.32. The lowest BCUT2D eigenvalue weighted by Crippen LogP contribution is -2.30. The van der Waals surface area contributed by atoms with E-state index in [2.05, 4.69) is 37.6 Å². The Morgan fingerprint density at radius 2 is 2.25 bits per heavy atom. The van der Waals surface area contributed by atoms with Gasteiger partial charge in [-0.3, -0.25) is 0 Å². The van der Waals surface area contributed by atoms with Crippen LogP contribution in [0.5, 0.6) is 0 Å². The van der Waals surface area contributed by atoms with Gasteiger partial charge in [0.05, 0.1) is 0 Å². The molecule has 1 atom stereocenters. The minimum Gasteiger partial charge on any atom is -0.351 e. The molecular weight excluding hydrogens is 196 g/mol. The largest absolute Gasteiger partial charge is 0.351 e. The monoisotopic (exact) mass is 220 g/mol. The molecule has 0 spiro atoms. The molecule has 1 aliphatic rings. The van der Waals surface area contributed by atoms with Crippen LogP contribution in [0.15, 0.2) is 12.3 Å². The van der Waals surface area contributed by atoms with Crippen LogP contribution in [0.4, 0.5) is 0 Å². The van der Waals surface area contributed by atoms with Gasteiger partial charge in [-0.25, -0.2) is 0 Å². The van der Waals surface area contributed by atoms with Gasteiger partial charge in [-0.2, -0.15) is 0 Å². The summed E-state index contributed by atoms with van der Waals surface area (Å²) in [7, 11) is 0. The normalized spacial score (nSPS) is 23.1. The summed E-state index contributed by atoms with van der Waals surface area (Å²) in [5, 5.41) is 0. The van der Waals surface area contributed by atoms with Gasteiger partial charge < -0.3 is 10.3 Å². The number of nitrogens with two attached hydrogens (primary N) is 1. The zero-order valence-corrected chi connectivity index (χ0v) is 10.8. The molecule has 1 aliphatic carbocycles. The van der Waals surface area contributed by atoms with Gasteiger partial charge in [0.2, 0.25) is 0 Å². The highest BCUT2D eigenvalue weighted by Crippen LogP contribution is 2.39. The third kappa shape index (κ3) is 2.17. The van der Waals surface area contributed by atoms with Crippen LogP contribution in [0.2, 0.25) is 0 Å². The van der Waals surface area contributed by atoms with Gasteiger partial charge in [-0.15, -0.1) is 0 Å². The van der Waals surface area contributed by atoms with Gasteiger partial charge in [-0.1, -0.05) is 27.2 Å². The third-order valence-electron chi connectivity index (χ3n) is 3.68. The first kappa shape index (κ1) is 11.7. The van der Waals surface area contributed by atoms with Crippen LogP contribution in [0.25, 0.3) is 0 Å². The van der Waals surface area contributed by atoms with Crippen molar-refractivity contribution in [2.75, 3.05) is 0 Å². The van der Waals surface area contributed by atoms with Crippen molar-refractivity contribution in [3.63, 3.8) is 0 Å². The van der Waals surface area contributed by atoms with Crippen molar-refractivity contribution in [3.8, 4) is 0 Å². The summed E-state index contributed by atoms with van der Waals surface area (Å²) in [6.07, 6.45) is 7.02. The molecule has 2 N–H and O–H groups in total. The third-order valence-corrected chi connectivity index (χ3v) is 3.68. The Kier molecular flexibility index (Phi) is 3.11. The average Bonchev–Trinajstić information content (AvgIpc) is 2.56. The Balaban J connectivity index is 2.26. The molecule has 0 aliphatic heterocycles. The van der Waals surface area contributed by atoms with Crippen LogP contribution in [0, 0.1) is 5.41 Å². The van der Waals surface area contributed by atoms with E-state index in [1.165, 1.54) is 30.5 Å². The summed E-state index contributed by atoms with van der Waals surface area (Å²) in [6, 6.07) is 2.46. The molecule has 2 rings (SSSR count). The number of aryl methyl sites for hydroxylation is 1. The lowest BCUT2D eigenvalue weighted by atomic mass is 9.74. The first-order chi connectivity index (χ1) is 7.53. The number of nitrogens with zero attached hydrogens (tertiary/aromatic N) is 1. The van der Waals surface area contributed by atoms with Crippen LogP contribution >= 0.6 is 0 Å². The Morgan fingerprint density at radius 3 is 2.94 bits per heavy atom. The number of fused-ring (bicyclic) bond motifs is 1. The number of unbranched alkanes of at least 4 members (excludes halogenated alkanes) is 1. The molecule has 0 bridgehead atoms. The Hall–Kier alpha value is -0.760. The molecule has 0 radical (unpaired) electrons. The molecule has 0 amide bonds. The number of aromatic nitrogens is 1. The van der Waals surface area contributed by atoms with Gasteiger partial charge in [0.25, 0.3) is 0 Å². The molecule has 1 heterocycles. The Labute approximate surface area is 98.8 Å². The first-order valence-corrected chi connectivity index (χ1v) is 6.47. The SMILES string of the molecule is CCCCn1ccc2c1CC(C)(C)CC2N. The van der Waals surface area contributed by atoms with Gasteiger partial charge in [0.1, 0.15) is 0 Å². The zero-order chi connectivity index (χ0) is 11.8. The smallest absolute Gasteiger partial charge is 0.0318 e. The molecule has 16 heavy (non-hydrogen) atoms. The van der Waals surface area contributed by atoms with Crippen molar-refractivity contribution in [1.82, 2.24) is 4.57 Å². The fourth-order valence-corrected chi connectivity index (χ4v) is 2.83. The predicted octanol–water partition coefficient (Wildman–Crippen LogP) is 3.26. The highest BCUT2D eigenvalue weighted by molar-refractivity contribution is 5.30. The fourth-order valence-electron chi connectivity index (χ4n) is 2.83. The van der Waals surface area contributed by atoms with E-state index in [-0.39, 0.29) is 6.04 Å². The van der Waals surface area contributed by atoms with Crippen LogP contribution in [-0.2, 0) is 13.0 Å². The summed E-state index contributed by atoms with van der Waals surface area (Å²) in [6.45, 7) is 8.04. The second-order valence-electron chi connectivity index (χ2n) is 5.92. The number of rotatable bonds is 3. The molecule has 0 aromatic carbocycles. The predicted molar refractivity (Wildman–Crippen MR) is 68.4 cm³/mol. The van der Waals surface area contributed by atoms with E-state index in [0.29, 0.717) is 5.41 Å². The Morgan fingerprint density at radius 1 is 1.50 bits per heavy atom. The second kappa shape index (κ2) is 4.25. The maximum Gasteiger partial charge on any atom is 0.0318 e. The molecule has 1 unspecified atom stereocenters. The van der Waals surface area contributed by atoms with Gasteiger partial charge in [0.15, 0.2) is 0 Å². The van der Waals surface area contributed by atoms with Crippen LogP contribution in [0.3, 0.4) is 0 Å². The topological polar surface area (TPSA) is 30.9 Å². The van der Waals surface area contributed by atoms with Crippen LogP contribution in [-0.4, -0.2) is 4.57 Å². The van der Waals surface area contributed by atoms with E-state index in [4.69, 9.17) is 5.73 Å². The lowest BCUT2D eigenvalue weighted by Gasteiger charge is -2.34. The maximum atomic E-state index is 6.25. The number of hydrogen-bond acceptors (Lipinski definition) is 1. The minimum atomic E-state index is 0.238. The van der Waals surface area contributed by atoms with Crippen molar-refractivity contribution in [2.45, 2.75) is 59.0 Å². The molecule has 0 saturated heterocycles. The van der Waals surface area contributed by atoms with Crippen molar-refractivity contribution in [1.29, 1.82) is 0 Å². The van der Waals surface area contributed by atoms with E-state index in [1.54, 1.807) is 0 Å². The molecular formula is C14H24N2. The first-order valence-electron chi connectivity index (χ1n) is 6.47. The van der Waals surface area contributed by atoms with Crippen molar-refractivity contribution in [3.05, 3.63) is 23.5 Å². The zero-order valence-electron chi connectivity index (χ0n) is 10.8. The molecule has 1 aromatic heterocycles. The van der Waals surface area contributed by atoms with Crippen molar-refractivity contribution in [2.24, 2.45) is 11.1 Å². The summed E-state index contributed by atoms with van der Waals surface area (Å²) in [5.41, 5.74) is 9.47. The summed E-state index contributed by atoms with van der Waals surface area (Å²) in [4.78, 5) is 0. The van der Waals surface area contributed by atoms with Gasteiger partial charge in [-0.05, 0) is 36.3 Å². The summed E-state index contributed by atoms with van der Waals surface area (Å²) in [5.74, 6) is 0. The molecule has 1 aromatic rings. The number of hydrogen-bond donors (Lipinski definition) is 1.